The molecule has 0 unspecified atom stereocenters. The van der Waals surface area contributed by atoms with Gasteiger partial charge in [0.25, 0.3) is 0 Å². The van der Waals surface area contributed by atoms with Crippen molar-refractivity contribution in [1.82, 2.24) is 40.4 Å². The number of piperidine rings is 2. The number of amides is 4. The Morgan fingerprint density at radius 1 is 0.623 bits per heavy atom. The molecule has 6 fully saturated rings. The lowest BCUT2D eigenvalue weighted by Gasteiger charge is -2.35. The molecule has 4 amide bonds. The second-order valence-corrected chi connectivity index (χ2v) is 20.2. The fourth-order valence-electron chi connectivity index (χ4n) is 12.4. The van der Waals surface area contributed by atoms with Crippen molar-refractivity contribution in [3.63, 3.8) is 0 Å². The molecular formula is C53H58N8O8. The maximum Gasteiger partial charge on any atom is 0.407 e. The van der Waals surface area contributed by atoms with Crippen LogP contribution < -0.4 is 10.6 Å². The van der Waals surface area contributed by atoms with E-state index in [1.165, 1.54) is 14.2 Å². The first-order valence-electron chi connectivity index (χ1n) is 24.7. The normalized spacial score (nSPS) is 26.4. The lowest BCUT2D eigenvalue weighted by atomic mass is 9.90. The second kappa shape index (κ2) is 17.5. The molecule has 6 aliphatic rings. The van der Waals surface area contributed by atoms with E-state index in [4.69, 9.17) is 28.9 Å². The van der Waals surface area contributed by atoms with E-state index in [1.807, 2.05) is 21.9 Å². The Balaban J connectivity index is 0.768. The summed E-state index contributed by atoms with van der Waals surface area (Å²) in [6, 6.07) is 24.1. The molecule has 16 heteroatoms. The zero-order valence-electron chi connectivity index (χ0n) is 39.1. The molecule has 358 valence electrons. The predicted molar refractivity (Wildman–Crippen MR) is 257 cm³/mol. The average molecular weight is 935 g/mol. The van der Waals surface area contributed by atoms with Gasteiger partial charge in [-0.3, -0.25) is 9.59 Å². The molecule has 0 radical (unpaired) electrons. The summed E-state index contributed by atoms with van der Waals surface area (Å²) in [6.07, 6.45) is 4.22. The third-order valence-corrected chi connectivity index (χ3v) is 16.3. The molecule has 2 saturated carbocycles. The molecule has 4 saturated heterocycles. The van der Waals surface area contributed by atoms with Gasteiger partial charge >= 0.3 is 12.2 Å². The van der Waals surface area contributed by atoms with Crippen molar-refractivity contribution in [3.05, 3.63) is 84.4 Å². The van der Waals surface area contributed by atoms with Crippen molar-refractivity contribution < 1.29 is 38.1 Å². The largest absolute Gasteiger partial charge is 0.453 e. The van der Waals surface area contributed by atoms with E-state index >= 15 is 0 Å². The topological polar surface area (TPSA) is 193 Å². The predicted octanol–water partition coefficient (Wildman–Crippen LogP) is 7.80. The number of nitrogens with zero attached hydrogens (tertiary/aromatic N) is 4. The summed E-state index contributed by atoms with van der Waals surface area (Å²) in [5, 5.41) is 7.99. The van der Waals surface area contributed by atoms with E-state index in [0.717, 1.165) is 86.0 Å². The van der Waals surface area contributed by atoms with Gasteiger partial charge in [-0.15, -0.1) is 0 Å². The maximum absolute atomic E-state index is 14.5. The Morgan fingerprint density at radius 3 is 1.59 bits per heavy atom. The number of likely N-dealkylation sites (tertiary alicyclic amines) is 2. The Kier molecular flexibility index (Phi) is 11.1. The highest BCUT2D eigenvalue weighted by Gasteiger charge is 2.62. The Morgan fingerprint density at radius 2 is 1.09 bits per heavy atom. The number of nitrogens with one attached hydrogen (secondary N) is 4. The van der Waals surface area contributed by atoms with Gasteiger partial charge in [0.1, 0.15) is 23.7 Å². The molecule has 0 spiro atoms. The molecule has 69 heavy (non-hydrogen) atoms. The highest BCUT2D eigenvalue weighted by molar-refractivity contribution is 5.94. The van der Waals surface area contributed by atoms with E-state index in [1.54, 1.807) is 0 Å². The minimum atomic E-state index is -0.691. The molecule has 4 N–H and O–H groups in total. The van der Waals surface area contributed by atoms with Gasteiger partial charge in [-0.25, -0.2) is 19.6 Å². The number of aromatic amines is 2. The summed E-state index contributed by atoms with van der Waals surface area (Å²) < 4.78 is 21.1. The molecular weight excluding hydrogens is 877 g/mol. The molecule has 9 atom stereocenters. The number of H-pyrrole nitrogens is 2. The number of ether oxygens (including phenoxy) is 4. The van der Waals surface area contributed by atoms with Gasteiger partial charge < -0.3 is 49.3 Å². The summed E-state index contributed by atoms with van der Waals surface area (Å²) >= 11 is 0. The third-order valence-electron chi connectivity index (χ3n) is 16.3. The van der Waals surface area contributed by atoms with Crippen molar-refractivity contribution in [2.45, 2.75) is 88.1 Å². The standard InChI is InChI=1S/C53H58N8O8/c1-27-37-26-44(61(47(27)37)51(63)46(59-53(65)67-3)29-14-18-69-19-15-29)49-55-39-11-9-35(23-41(39)57-49)33-7-5-30-20-32(6-4-31(30)21-33)34-8-10-38-40(22-34)56-48(54-38)43-25-36-24-42(36)60(43)50(62)45(58-52(64)66-2)28-12-16-68-17-13-28/h4-11,20-23,27-29,36-37,42-47H,12-19,24-26H2,1-3H3,(H,54,56)(H,55,57)(H,58,64)(H,59,65)/t27-,36-,37+,42-,43+,44+,45+,46+,47-/m1/s1. The summed E-state index contributed by atoms with van der Waals surface area (Å²) in [4.78, 5) is 75.0. The summed E-state index contributed by atoms with van der Waals surface area (Å²) in [7, 11) is 2.65. The fourth-order valence-corrected chi connectivity index (χ4v) is 12.4. The number of rotatable bonds is 10. The first-order chi connectivity index (χ1) is 33.6. The molecule has 4 aliphatic heterocycles. The quantitative estimate of drug-likeness (QED) is 0.105. The SMILES string of the molecule is COC(=O)N[C@H](C(=O)N1[C@@H]2[C@H](C)[C@@H]2C[C@H]1c1nc2ccc(-c3ccc4cc(-c5ccc6nc([C@@H]7C[C@H]8C[C@H]8N7C(=O)[C@@H](NC(=O)OC)C7CCOCC7)[nH]c6c5)ccc4c3)cc2[nH]1)C1CCOCC1. The number of imidazole rings is 2. The van der Waals surface area contributed by atoms with Gasteiger partial charge in [-0.2, -0.15) is 0 Å². The van der Waals surface area contributed by atoms with E-state index in [0.29, 0.717) is 69.9 Å². The Labute approximate surface area is 399 Å². The minimum Gasteiger partial charge on any atom is -0.453 e. The van der Waals surface area contributed by atoms with Crippen molar-refractivity contribution in [1.29, 1.82) is 0 Å². The lowest BCUT2D eigenvalue weighted by molar-refractivity contribution is -0.139. The van der Waals surface area contributed by atoms with E-state index in [9.17, 15) is 19.2 Å². The van der Waals surface area contributed by atoms with Crippen LogP contribution in [0.15, 0.2) is 72.8 Å². The zero-order valence-corrected chi connectivity index (χ0v) is 39.1. The lowest BCUT2D eigenvalue weighted by Crippen LogP contribution is -2.54. The van der Waals surface area contributed by atoms with Crippen LogP contribution in [0.5, 0.6) is 0 Å². The van der Waals surface area contributed by atoms with E-state index in [-0.39, 0.29) is 47.8 Å². The van der Waals surface area contributed by atoms with Gasteiger partial charge in [-0.05, 0) is 144 Å². The Bertz CT molecular complexity index is 2990. The highest BCUT2D eigenvalue weighted by Crippen LogP contribution is 2.58. The van der Waals surface area contributed by atoms with Crippen LogP contribution in [0.4, 0.5) is 9.59 Å². The number of fused-ring (bicyclic) bond motifs is 5. The van der Waals surface area contributed by atoms with Crippen LogP contribution in [-0.2, 0) is 28.5 Å². The summed E-state index contributed by atoms with van der Waals surface area (Å²) in [5.74, 6) is 2.55. The highest BCUT2D eigenvalue weighted by atomic mass is 16.5. The van der Waals surface area contributed by atoms with Crippen molar-refractivity contribution >= 4 is 56.8 Å². The number of alkyl carbamates (subject to hydrolysis) is 2. The first kappa shape index (κ1) is 43.7. The second-order valence-electron chi connectivity index (χ2n) is 20.2. The average Bonchev–Trinajstić information content (AvgIpc) is 3.88. The van der Waals surface area contributed by atoms with E-state index < -0.39 is 24.3 Å². The number of benzene rings is 4. The molecule has 2 aromatic heterocycles. The Hall–Kier alpha value is -6.52. The number of carbonyl (C=O) groups is 4. The van der Waals surface area contributed by atoms with Crippen LogP contribution in [0.3, 0.4) is 0 Å². The zero-order chi connectivity index (χ0) is 47.1. The number of aromatic nitrogens is 4. The molecule has 16 nitrogen and oxygen atoms in total. The van der Waals surface area contributed by atoms with Crippen molar-refractivity contribution in [3.8, 4) is 22.3 Å². The maximum atomic E-state index is 14.5. The van der Waals surface area contributed by atoms with Gasteiger partial charge in [0.2, 0.25) is 11.8 Å². The van der Waals surface area contributed by atoms with Crippen LogP contribution in [0, 0.1) is 29.6 Å². The molecule has 4 aromatic carbocycles. The van der Waals surface area contributed by atoms with Crippen LogP contribution in [0.2, 0.25) is 0 Å². The molecule has 6 heterocycles. The van der Waals surface area contributed by atoms with Gasteiger partial charge in [0.15, 0.2) is 0 Å². The monoisotopic (exact) mass is 934 g/mol. The third kappa shape index (κ3) is 7.94. The summed E-state index contributed by atoms with van der Waals surface area (Å²) in [6.45, 7) is 4.45. The summed E-state index contributed by atoms with van der Waals surface area (Å²) in [5.41, 5.74) is 7.77. The van der Waals surface area contributed by atoms with E-state index in [2.05, 4.69) is 88.2 Å². The van der Waals surface area contributed by atoms with Crippen molar-refractivity contribution in [2.24, 2.45) is 29.6 Å². The van der Waals surface area contributed by atoms with Gasteiger partial charge in [-0.1, -0.05) is 43.3 Å². The number of methoxy groups -OCH3 is 2. The fraction of sp³-hybridized carbons (Fsp3) is 0.472. The van der Waals surface area contributed by atoms with Crippen LogP contribution in [0.25, 0.3) is 55.1 Å². The van der Waals surface area contributed by atoms with Crippen LogP contribution in [-0.4, -0.2) is 119 Å². The van der Waals surface area contributed by atoms with Gasteiger partial charge in [0.05, 0.1) is 48.4 Å². The molecule has 12 rings (SSSR count). The molecule has 2 aliphatic carbocycles. The smallest absolute Gasteiger partial charge is 0.407 e. The number of hydrogen-bond acceptors (Lipinski definition) is 10. The number of hydrogen-bond donors (Lipinski definition) is 4. The molecule has 0 bridgehead atoms. The van der Waals surface area contributed by atoms with Crippen LogP contribution >= 0.6 is 0 Å². The van der Waals surface area contributed by atoms with Gasteiger partial charge in [0, 0.05) is 38.5 Å². The number of carbonyl (C=O) groups excluding carboxylic acids is 4. The van der Waals surface area contributed by atoms with Crippen molar-refractivity contribution in [2.75, 3.05) is 40.6 Å². The minimum absolute atomic E-state index is 0.0261. The molecule has 6 aromatic rings. The first-order valence-corrected chi connectivity index (χ1v) is 24.7. The van der Waals surface area contributed by atoms with Crippen LogP contribution in [0.1, 0.15) is 75.6 Å².